The zero-order valence-electron chi connectivity index (χ0n) is 25.0. The minimum atomic E-state index is -0.423. The number of alkyl halides is 1. The van der Waals surface area contributed by atoms with Crippen LogP contribution in [-0.2, 0) is 3.42 Å². The molecule has 0 aliphatic carbocycles. The Hall–Kier alpha value is -5.13. The number of halogens is 1. The number of benzene rings is 7. The van der Waals surface area contributed by atoms with Gasteiger partial charge in [-0.15, -0.1) is 0 Å². The molecule has 2 heterocycles. The van der Waals surface area contributed by atoms with Crippen molar-refractivity contribution in [2.24, 2.45) is 0 Å². The number of rotatable bonds is 5. The van der Waals surface area contributed by atoms with E-state index in [9.17, 15) is 0 Å². The van der Waals surface area contributed by atoms with Crippen LogP contribution >= 0.6 is 22.6 Å². The van der Waals surface area contributed by atoms with E-state index in [2.05, 4.69) is 208 Å². The Balaban J connectivity index is 1.32. The van der Waals surface area contributed by atoms with Gasteiger partial charge in [-0.2, -0.15) is 0 Å². The lowest BCUT2D eigenvalue weighted by Crippen LogP contribution is -2.21. The van der Waals surface area contributed by atoms with Crippen LogP contribution in [0.2, 0.25) is 0 Å². The largest absolute Gasteiger partial charge is 0.309 e. The summed E-state index contributed by atoms with van der Waals surface area (Å²) in [6, 6.07) is 64.0. The van der Waals surface area contributed by atoms with Crippen LogP contribution in [0.25, 0.3) is 55.0 Å². The normalized spacial score (nSPS) is 12.0. The second kappa shape index (κ2) is 10.7. The van der Waals surface area contributed by atoms with Gasteiger partial charge in [0.25, 0.3) is 0 Å². The highest BCUT2D eigenvalue weighted by Crippen LogP contribution is 2.48. The molecule has 2 nitrogen and oxygen atoms in total. The van der Waals surface area contributed by atoms with Gasteiger partial charge in [0, 0.05) is 32.9 Å². The number of para-hydroxylation sites is 4. The maximum absolute atomic E-state index is 2.71. The van der Waals surface area contributed by atoms with Gasteiger partial charge in [0.2, 0.25) is 0 Å². The zero-order valence-corrected chi connectivity index (χ0v) is 27.2. The molecule has 46 heavy (non-hydrogen) atoms. The Morgan fingerprint density at radius 1 is 0.326 bits per heavy atom. The van der Waals surface area contributed by atoms with Crippen molar-refractivity contribution in [2.45, 2.75) is 3.42 Å². The molecule has 7 aromatic carbocycles. The molecule has 0 N–H and O–H groups in total. The smallest absolute Gasteiger partial charge is 0.0968 e. The van der Waals surface area contributed by atoms with Gasteiger partial charge in [0.05, 0.1) is 25.5 Å². The molecule has 0 aliphatic heterocycles. The molecule has 0 aliphatic rings. The number of nitrogens with zero attached hydrogens (tertiary/aromatic N) is 2. The average Bonchev–Trinajstić information content (AvgIpc) is 3.64. The predicted octanol–water partition coefficient (Wildman–Crippen LogP) is 11.6. The molecule has 3 heteroatoms. The van der Waals surface area contributed by atoms with Crippen molar-refractivity contribution < 1.29 is 0 Å². The SMILES string of the molecule is IC(c1ccccc1)(c1ccc2c(c1)c1ccccc1n2-c1ccccc1)c1ccc2c(c1)c1ccccc1n2-c1ccccc1. The van der Waals surface area contributed by atoms with E-state index in [1.54, 1.807) is 0 Å². The fourth-order valence-electron chi connectivity index (χ4n) is 7.25. The van der Waals surface area contributed by atoms with E-state index >= 15 is 0 Å². The Bertz CT molecular complexity index is 2370. The van der Waals surface area contributed by atoms with Crippen molar-refractivity contribution in [1.29, 1.82) is 0 Å². The maximum Gasteiger partial charge on any atom is 0.0968 e. The fourth-order valence-corrected chi connectivity index (χ4v) is 8.28. The van der Waals surface area contributed by atoms with Crippen LogP contribution < -0.4 is 0 Å². The van der Waals surface area contributed by atoms with Crippen molar-refractivity contribution in [1.82, 2.24) is 9.13 Å². The lowest BCUT2D eigenvalue weighted by molar-refractivity contribution is 0.944. The molecule has 0 unspecified atom stereocenters. The summed E-state index contributed by atoms with van der Waals surface area (Å²) >= 11 is 2.71. The molecule has 0 fully saturated rings. The van der Waals surface area contributed by atoms with E-state index < -0.39 is 3.42 Å². The van der Waals surface area contributed by atoms with Gasteiger partial charge >= 0.3 is 0 Å². The van der Waals surface area contributed by atoms with E-state index in [-0.39, 0.29) is 0 Å². The zero-order chi connectivity index (χ0) is 30.7. The lowest BCUT2D eigenvalue weighted by Gasteiger charge is -2.30. The average molecular weight is 701 g/mol. The van der Waals surface area contributed by atoms with Crippen molar-refractivity contribution in [2.75, 3.05) is 0 Å². The van der Waals surface area contributed by atoms with Gasteiger partial charge in [-0.3, -0.25) is 0 Å². The maximum atomic E-state index is 2.71. The number of hydrogen-bond donors (Lipinski definition) is 0. The van der Waals surface area contributed by atoms with Crippen molar-refractivity contribution in [3.05, 3.63) is 193 Å². The molecule has 2 aromatic heterocycles. The third-order valence-corrected chi connectivity index (χ3v) is 11.2. The van der Waals surface area contributed by atoms with Gasteiger partial charge in [0.1, 0.15) is 0 Å². The quantitative estimate of drug-likeness (QED) is 0.0961. The first-order valence-electron chi connectivity index (χ1n) is 15.6. The van der Waals surface area contributed by atoms with Gasteiger partial charge in [-0.1, -0.05) is 138 Å². The summed E-state index contributed by atoms with van der Waals surface area (Å²) < 4.78 is 4.35. The van der Waals surface area contributed by atoms with Crippen LogP contribution in [0.1, 0.15) is 16.7 Å². The molecule has 218 valence electrons. The molecule has 9 aromatic rings. The van der Waals surface area contributed by atoms with Gasteiger partial charge in [-0.25, -0.2) is 0 Å². The summed E-state index contributed by atoms with van der Waals surface area (Å²) in [6.45, 7) is 0. The summed E-state index contributed by atoms with van der Waals surface area (Å²) in [7, 11) is 0. The molecule has 0 atom stereocenters. The molecule has 0 amide bonds. The highest BCUT2D eigenvalue weighted by Gasteiger charge is 2.34. The van der Waals surface area contributed by atoms with E-state index in [4.69, 9.17) is 0 Å². The van der Waals surface area contributed by atoms with Crippen LogP contribution in [0.5, 0.6) is 0 Å². The number of fused-ring (bicyclic) bond motifs is 6. The van der Waals surface area contributed by atoms with Crippen molar-refractivity contribution >= 4 is 66.2 Å². The van der Waals surface area contributed by atoms with Gasteiger partial charge in [0.15, 0.2) is 0 Å². The molecular weight excluding hydrogens is 671 g/mol. The molecular formula is C43H29IN2. The first-order valence-corrected chi connectivity index (χ1v) is 16.7. The molecule has 0 bridgehead atoms. The molecule has 0 radical (unpaired) electrons. The van der Waals surface area contributed by atoms with E-state index in [1.807, 2.05) is 0 Å². The van der Waals surface area contributed by atoms with Gasteiger partial charge < -0.3 is 9.13 Å². The molecule has 9 rings (SSSR count). The molecule has 0 saturated carbocycles. The standard InChI is InChI=1S/C43H29IN2/c44-43(30-14-4-1-5-15-30,31-24-26-41-37(28-31)35-20-10-12-22-39(35)45(41)33-16-6-2-7-17-33)32-25-27-42-38(29-32)36-21-11-13-23-40(36)46(42)34-18-8-3-9-19-34/h1-29H. The Morgan fingerprint density at radius 3 is 1.15 bits per heavy atom. The summed E-state index contributed by atoms with van der Waals surface area (Å²) in [4.78, 5) is 0. The summed E-state index contributed by atoms with van der Waals surface area (Å²) in [5, 5.41) is 5.04. The number of aromatic nitrogens is 2. The van der Waals surface area contributed by atoms with Gasteiger partial charge in [-0.05, 0) is 77.4 Å². The topological polar surface area (TPSA) is 9.86 Å². The summed E-state index contributed by atoms with van der Waals surface area (Å²) in [5.74, 6) is 0. The first-order chi connectivity index (χ1) is 22.7. The number of hydrogen-bond acceptors (Lipinski definition) is 0. The monoisotopic (exact) mass is 700 g/mol. The third kappa shape index (κ3) is 4.08. The Labute approximate surface area is 281 Å². The van der Waals surface area contributed by atoms with E-state index in [0.29, 0.717) is 0 Å². The minimum Gasteiger partial charge on any atom is -0.309 e. The second-order valence-corrected chi connectivity index (χ2v) is 13.5. The summed E-state index contributed by atoms with van der Waals surface area (Å²) in [6.07, 6.45) is 0. The first kappa shape index (κ1) is 27.2. The Morgan fingerprint density at radius 2 is 0.696 bits per heavy atom. The van der Waals surface area contributed by atoms with Crippen LogP contribution in [-0.4, -0.2) is 9.13 Å². The van der Waals surface area contributed by atoms with E-state index in [1.165, 1.54) is 71.7 Å². The Kier molecular flexibility index (Phi) is 6.35. The van der Waals surface area contributed by atoms with E-state index in [0.717, 1.165) is 0 Å². The van der Waals surface area contributed by atoms with Crippen LogP contribution in [0.15, 0.2) is 176 Å². The van der Waals surface area contributed by atoms with Crippen molar-refractivity contribution in [3.8, 4) is 11.4 Å². The predicted molar refractivity (Wildman–Crippen MR) is 202 cm³/mol. The summed E-state index contributed by atoms with van der Waals surface area (Å²) in [5.41, 5.74) is 11.0. The molecule has 0 saturated heterocycles. The van der Waals surface area contributed by atoms with Crippen LogP contribution in [0.3, 0.4) is 0 Å². The highest BCUT2D eigenvalue weighted by atomic mass is 127. The molecule has 0 spiro atoms. The van der Waals surface area contributed by atoms with Crippen LogP contribution in [0, 0.1) is 0 Å². The second-order valence-electron chi connectivity index (χ2n) is 11.9. The van der Waals surface area contributed by atoms with Crippen LogP contribution in [0.4, 0.5) is 0 Å². The third-order valence-electron chi connectivity index (χ3n) is 9.34. The fraction of sp³-hybridized carbons (Fsp3) is 0.0233. The van der Waals surface area contributed by atoms with Crippen molar-refractivity contribution in [3.63, 3.8) is 0 Å². The lowest BCUT2D eigenvalue weighted by atomic mass is 9.84. The highest BCUT2D eigenvalue weighted by molar-refractivity contribution is 14.1. The minimum absolute atomic E-state index is 0.423.